The fourth-order valence-electron chi connectivity index (χ4n) is 2.89. The van der Waals surface area contributed by atoms with Crippen LogP contribution in [-0.2, 0) is 0 Å². The van der Waals surface area contributed by atoms with E-state index in [-0.39, 0.29) is 17.9 Å². The Balaban J connectivity index is 2.09. The molecule has 1 aliphatic heterocycles. The van der Waals surface area contributed by atoms with E-state index in [1.165, 1.54) is 18.9 Å². The molecule has 1 atom stereocenters. The van der Waals surface area contributed by atoms with Gasteiger partial charge in [0, 0.05) is 12.1 Å². The molecular formula is C16H21F2NO. The van der Waals surface area contributed by atoms with E-state index in [0.29, 0.717) is 6.04 Å². The summed E-state index contributed by atoms with van der Waals surface area (Å²) in [7, 11) is 0. The van der Waals surface area contributed by atoms with E-state index in [0.717, 1.165) is 37.9 Å². The summed E-state index contributed by atoms with van der Waals surface area (Å²) in [5.74, 6) is -1.68. The summed E-state index contributed by atoms with van der Waals surface area (Å²) in [6.07, 6.45) is 5.55. The Bertz CT molecular complexity index is 476. The van der Waals surface area contributed by atoms with E-state index < -0.39 is 11.6 Å². The molecule has 0 aromatic heterocycles. The Morgan fingerprint density at radius 3 is 2.80 bits per heavy atom. The Morgan fingerprint density at radius 2 is 2.10 bits per heavy atom. The monoisotopic (exact) mass is 281 g/mol. The zero-order valence-corrected chi connectivity index (χ0v) is 11.9. The van der Waals surface area contributed by atoms with Gasteiger partial charge in [-0.25, -0.2) is 8.78 Å². The van der Waals surface area contributed by atoms with Gasteiger partial charge in [-0.15, -0.1) is 0 Å². The number of halogens is 2. The summed E-state index contributed by atoms with van der Waals surface area (Å²) < 4.78 is 26.5. The van der Waals surface area contributed by atoms with Gasteiger partial charge < -0.3 is 0 Å². The van der Waals surface area contributed by atoms with Crippen LogP contribution in [0.1, 0.15) is 49.4 Å². The first-order chi connectivity index (χ1) is 9.61. The minimum atomic E-state index is -0.766. The quantitative estimate of drug-likeness (QED) is 0.782. The molecule has 0 N–H and O–H groups in total. The number of ketones is 1. The minimum Gasteiger partial charge on any atom is -0.293 e. The molecule has 4 heteroatoms. The number of hydrogen-bond donors (Lipinski definition) is 0. The largest absolute Gasteiger partial charge is 0.293 e. The summed E-state index contributed by atoms with van der Waals surface area (Å²) in [5, 5.41) is 0. The molecule has 2 nitrogen and oxygen atoms in total. The Kier molecular flexibility index (Phi) is 5.24. The van der Waals surface area contributed by atoms with Crippen molar-refractivity contribution in [2.24, 2.45) is 0 Å². The summed E-state index contributed by atoms with van der Waals surface area (Å²) >= 11 is 0. The maximum Gasteiger partial charge on any atom is 0.179 e. The van der Waals surface area contributed by atoms with Gasteiger partial charge in [-0.1, -0.05) is 19.8 Å². The van der Waals surface area contributed by atoms with Crippen LogP contribution < -0.4 is 0 Å². The zero-order chi connectivity index (χ0) is 14.5. The summed E-state index contributed by atoms with van der Waals surface area (Å²) in [5.41, 5.74) is -0.00880. The molecule has 0 amide bonds. The lowest BCUT2D eigenvalue weighted by Gasteiger charge is -2.28. The summed E-state index contributed by atoms with van der Waals surface area (Å²) in [4.78, 5) is 14.4. The van der Waals surface area contributed by atoms with Crippen LogP contribution in [0.15, 0.2) is 18.2 Å². The Labute approximate surface area is 118 Å². The van der Waals surface area contributed by atoms with Gasteiger partial charge in [0.2, 0.25) is 0 Å². The first-order valence-corrected chi connectivity index (χ1v) is 7.34. The van der Waals surface area contributed by atoms with Crippen molar-refractivity contribution in [3.05, 3.63) is 35.4 Å². The number of likely N-dealkylation sites (tertiary alicyclic amines) is 1. The maximum absolute atomic E-state index is 13.6. The minimum absolute atomic E-state index is 0.00880. The van der Waals surface area contributed by atoms with Gasteiger partial charge in [0.1, 0.15) is 11.6 Å². The van der Waals surface area contributed by atoms with Gasteiger partial charge in [-0.05, 0) is 37.9 Å². The molecule has 0 radical (unpaired) electrons. The topological polar surface area (TPSA) is 20.3 Å². The lowest BCUT2D eigenvalue weighted by molar-refractivity contribution is 0.0886. The predicted molar refractivity (Wildman–Crippen MR) is 74.8 cm³/mol. The third-order valence-electron chi connectivity index (χ3n) is 4.05. The van der Waals surface area contributed by atoms with Gasteiger partial charge >= 0.3 is 0 Å². The average molecular weight is 281 g/mol. The average Bonchev–Trinajstić information content (AvgIpc) is 2.63. The lowest BCUT2D eigenvalue weighted by atomic mass is 10.1. The molecule has 20 heavy (non-hydrogen) atoms. The molecule has 0 saturated carbocycles. The van der Waals surface area contributed by atoms with Crippen molar-refractivity contribution in [3.8, 4) is 0 Å². The van der Waals surface area contributed by atoms with Crippen LogP contribution in [0.3, 0.4) is 0 Å². The molecule has 0 aliphatic carbocycles. The molecule has 1 unspecified atom stereocenters. The molecular weight excluding hydrogens is 260 g/mol. The standard InChI is InChI=1S/C16H21F2NO/c1-2-13-6-4-3-5-9-19(13)11-16(20)14-8-7-12(17)10-15(14)18/h7-8,10,13H,2-6,9,11H2,1H3. The second-order valence-electron chi connectivity index (χ2n) is 5.43. The molecule has 0 spiro atoms. The van der Waals surface area contributed by atoms with Crippen LogP contribution in [-0.4, -0.2) is 29.8 Å². The second-order valence-corrected chi connectivity index (χ2v) is 5.43. The van der Waals surface area contributed by atoms with Gasteiger partial charge in [-0.3, -0.25) is 9.69 Å². The molecule has 1 fully saturated rings. The van der Waals surface area contributed by atoms with Crippen molar-refractivity contribution in [2.45, 2.75) is 45.1 Å². The number of Topliss-reactive ketones (excluding diaryl/α,β-unsaturated/α-hetero) is 1. The molecule has 110 valence electrons. The van der Waals surface area contributed by atoms with Gasteiger partial charge in [0.15, 0.2) is 5.78 Å². The van der Waals surface area contributed by atoms with Gasteiger partial charge in [0.25, 0.3) is 0 Å². The van der Waals surface area contributed by atoms with Crippen LogP contribution in [0.25, 0.3) is 0 Å². The maximum atomic E-state index is 13.6. The molecule has 1 saturated heterocycles. The highest BCUT2D eigenvalue weighted by molar-refractivity contribution is 5.97. The second kappa shape index (κ2) is 6.93. The van der Waals surface area contributed by atoms with Crippen molar-refractivity contribution in [1.82, 2.24) is 4.90 Å². The van der Waals surface area contributed by atoms with Crippen molar-refractivity contribution in [2.75, 3.05) is 13.1 Å². The zero-order valence-electron chi connectivity index (χ0n) is 11.9. The highest BCUT2D eigenvalue weighted by atomic mass is 19.1. The number of hydrogen-bond acceptors (Lipinski definition) is 2. The van der Waals surface area contributed by atoms with E-state index >= 15 is 0 Å². The van der Waals surface area contributed by atoms with E-state index in [1.807, 2.05) is 0 Å². The van der Waals surface area contributed by atoms with Crippen LogP contribution in [0.4, 0.5) is 8.78 Å². The molecule has 1 aliphatic rings. The molecule has 0 bridgehead atoms. The third kappa shape index (κ3) is 3.63. The fourth-order valence-corrected chi connectivity index (χ4v) is 2.89. The highest BCUT2D eigenvalue weighted by Gasteiger charge is 2.23. The molecule has 2 rings (SSSR count). The molecule has 1 aromatic rings. The van der Waals surface area contributed by atoms with E-state index in [9.17, 15) is 13.6 Å². The van der Waals surface area contributed by atoms with E-state index in [1.54, 1.807) is 0 Å². The van der Waals surface area contributed by atoms with Gasteiger partial charge in [0.05, 0.1) is 12.1 Å². The normalized spacial score (nSPS) is 20.6. The number of benzene rings is 1. The lowest BCUT2D eigenvalue weighted by Crippen LogP contribution is -2.38. The van der Waals surface area contributed by atoms with E-state index in [4.69, 9.17) is 0 Å². The number of carbonyl (C=O) groups is 1. The predicted octanol–water partition coefficient (Wildman–Crippen LogP) is 3.80. The van der Waals surface area contributed by atoms with E-state index in [2.05, 4.69) is 11.8 Å². The summed E-state index contributed by atoms with van der Waals surface area (Å²) in [6, 6.07) is 3.54. The number of rotatable bonds is 4. The van der Waals surface area contributed by atoms with Crippen LogP contribution in [0.2, 0.25) is 0 Å². The van der Waals surface area contributed by atoms with Crippen LogP contribution in [0, 0.1) is 11.6 Å². The van der Waals surface area contributed by atoms with Crippen molar-refractivity contribution in [1.29, 1.82) is 0 Å². The SMILES string of the molecule is CCC1CCCCCN1CC(=O)c1ccc(F)cc1F. The summed E-state index contributed by atoms with van der Waals surface area (Å²) in [6.45, 7) is 3.22. The Morgan fingerprint density at radius 1 is 1.30 bits per heavy atom. The third-order valence-corrected chi connectivity index (χ3v) is 4.05. The fraction of sp³-hybridized carbons (Fsp3) is 0.562. The smallest absolute Gasteiger partial charge is 0.179 e. The van der Waals surface area contributed by atoms with Gasteiger partial charge in [-0.2, -0.15) is 0 Å². The molecule has 1 heterocycles. The van der Waals surface area contributed by atoms with Crippen molar-refractivity contribution >= 4 is 5.78 Å². The number of carbonyl (C=O) groups excluding carboxylic acids is 1. The first-order valence-electron chi connectivity index (χ1n) is 7.34. The number of nitrogens with zero attached hydrogens (tertiary/aromatic N) is 1. The molecule has 1 aromatic carbocycles. The Hall–Kier alpha value is -1.29. The van der Waals surface area contributed by atoms with Crippen LogP contribution >= 0.6 is 0 Å². The van der Waals surface area contributed by atoms with Crippen molar-refractivity contribution < 1.29 is 13.6 Å². The first kappa shape index (κ1) is 15.1. The van der Waals surface area contributed by atoms with Crippen LogP contribution in [0.5, 0.6) is 0 Å². The van der Waals surface area contributed by atoms with Crippen molar-refractivity contribution in [3.63, 3.8) is 0 Å². The highest BCUT2D eigenvalue weighted by Crippen LogP contribution is 2.20.